The zero-order valence-corrected chi connectivity index (χ0v) is 9.33. The first-order valence-electron chi connectivity index (χ1n) is 4.94. The van der Waals surface area contributed by atoms with Crippen molar-refractivity contribution in [3.05, 3.63) is 35.4 Å². The summed E-state index contributed by atoms with van der Waals surface area (Å²) in [5.74, 6) is -0.333. The van der Waals surface area contributed by atoms with E-state index in [0.29, 0.717) is 17.8 Å². The first-order chi connectivity index (χ1) is 7.69. The molecular weight excluding hydrogens is 206 g/mol. The zero-order valence-electron chi connectivity index (χ0n) is 9.33. The lowest BCUT2D eigenvalue weighted by Crippen LogP contribution is -2.31. The highest BCUT2D eigenvalue weighted by molar-refractivity contribution is 5.97. The molecule has 0 atom stereocenters. The van der Waals surface area contributed by atoms with Crippen LogP contribution in [0, 0.1) is 0 Å². The Morgan fingerprint density at radius 1 is 1.00 bits per heavy atom. The first-order valence-corrected chi connectivity index (χ1v) is 4.94. The van der Waals surface area contributed by atoms with Crippen molar-refractivity contribution in [2.75, 3.05) is 20.8 Å². The second-order valence-corrected chi connectivity index (χ2v) is 3.19. The van der Waals surface area contributed by atoms with E-state index < -0.39 is 0 Å². The molecule has 1 rings (SSSR count). The van der Waals surface area contributed by atoms with Crippen LogP contribution in [0.15, 0.2) is 24.3 Å². The van der Waals surface area contributed by atoms with E-state index in [2.05, 4.69) is 16.0 Å². The van der Waals surface area contributed by atoms with E-state index in [1.54, 1.807) is 38.4 Å². The molecule has 86 valence electrons. The van der Waals surface area contributed by atoms with Crippen molar-refractivity contribution in [2.24, 2.45) is 0 Å². The summed E-state index contributed by atoms with van der Waals surface area (Å²) in [4.78, 5) is 22.7. The fraction of sp³-hybridized carbons (Fsp3) is 0.273. The third kappa shape index (κ3) is 3.06. The quantitative estimate of drug-likeness (QED) is 0.624. The number of hydrogen-bond donors (Lipinski definition) is 3. The van der Waals surface area contributed by atoms with Crippen molar-refractivity contribution in [1.82, 2.24) is 16.0 Å². The van der Waals surface area contributed by atoms with E-state index in [1.165, 1.54) is 0 Å². The molecule has 0 saturated heterocycles. The maximum absolute atomic E-state index is 11.5. The smallest absolute Gasteiger partial charge is 0.252 e. The molecule has 5 nitrogen and oxygen atoms in total. The van der Waals surface area contributed by atoms with Crippen molar-refractivity contribution in [3.63, 3.8) is 0 Å². The number of nitrogens with one attached hydrogen (secondary N) is 3. The molecular formula is C11H15N3O2. The van der Waals surface area contributed by atoms with Crippen LogP contribution in [0.25, 0.3) is 0 Å². The van der Waals surface area contributed by atoms with Crippen LogP contribution >= 0.6 is 0 Å². The second kappa shape index (κ2) is 5.87. The van der Waals surface area contributed by atoms with Gasteiger partial charge in [-0.2, -0.15) is 0 Å². The van der Waals surface area contributed by atoms with Crippen LogP contribution in [0.5, 0.6) is 0 Å². The SMILES string of the molecule is CNCNC(=O)c1ccc(C(=O)NC)cc1. The molecule has 16 heavy (non-hydrogen) atoms. The molecule has 0 aliphatic heterocycles. The average Bonchev–Trinajstić information content (AvgIpc) is 2.35. The van der Waals surface area contributed by atoms with Gasteiger partial charge in [0.05, 0.1) is 6.67 Å². The third-order valence-corrected chi connectivity index (χ3v) is 2.06. The highest BCUT2D eigenvalue weighted by Crippen LogP contribution is 2.04. The van der Waals surface area contributed by atoms with E-state index in [4.69, 9.17) is 0 Å². The van der Waals surface area contributed by atoms with Crippen molar-refractivity contribution in [1.29, 1.82) is 0 Å². The fourth-order valence-electron chi connectivity index (χ4n) is 1.19. The Morgan fingerprint density at radius 3 is 1.94 bits per heavy atom. The van der Waals surface area contributed by atoms with Crippen molar-refractivity contribution in [2.45, 2.75) is 0 Å². The number of carbonyl (C=O) groups is 2. The molecule has 0 saturated carbocycles. The molecule has 0 aliphatic rings. The van der Waals surface area contributed by atoms with Crippen LogP contribution in [-0.2, 0) is 0 Å². The molecule has 0 aromatic heterocycles. The van der Waals surface area contributed by atoms with Gasteiger partial charge in [-0.1, -0.05) is 0 Å². The molecule has 0 spiro atoms. The van der Waals surface area contributed by atoms with Gasteiger partial charge < -0.3 is 16.0 Å². The normalized spacial score (nSPS) is 9.62. The van der Waals surface area contributed by atoms with Crippen molar-refractivity contribution >= 4 is 11.8 Å². The van der Waals surface area contributed by atoms with Crippen molar-refractivity contribution < 1.29 is 9.59 Å². The van der Waals surface area contributed by atoms with Crippen LogP contribution < -0.4 is 16.0 Å². The van der Waals surface area contributed by atoms with Gasteiger partial charge in [0.15, 0.2) is 0 Å². The van der Waals surface area contributed by atoms with Crippen LogP contribution in [0.2, 0.25) is 0 Å². The Hall–Kier alpha value is -1.88. The van der Waals surface area contributed by atoms with Gasteiger partial charge in [-0.15, -0.1) is 0 Å². The second-order valence-electron chi connectivity index (χ2n) is 3.19. The molecule has 0 aliphatic carbocycles. The summed E-state index contributed by atoms with van der Waals surface area (Å²) in [5.41, 5.74) is 1.07. The fourth-order valence-corrected chi connectivity index (χ4v) is 1.19. The van der Waals surface area contributed by atoms with Gasteiger partial charge in [-0.05, 0) is 31.3 Å². The minimum Gasteiger partial charge on any atom is -0.355 e. The van der Waals surface area contributed by atoms with E-state index in [1.807, 2.05) is 0 Å². The summed E-state index contributed by atoms with van der Waals surface area (Å²) in [6.07, 6.45) is 0. The van der Waals surface area contributed by atoms with Crippen LogP contribution in [-0.4, -0.2) is 32.6 Å². The van der Waals surface area contributed by atoms with Gasteiger partial charge >= 0.3 is 0 Å². The lowest BCUT2D eigenvalue weighted by molar-refractivity contribution is 0.0944. The lowest BCUT2D eigenvalue weighted by atomic mass is 10.1. The van der Waals surface area contributed by atoms with Crippen LogP contribution in [0.3, 0.4) is 0 Å². The summed E-state index contributed by atoms with van der Waals surface area (Å²) >= 11 is 0. The third-order valence-electron chi connectivity index (χ3n) is 2.06. The Balaban J connectivity index is 2.71. The van der Waals surface area contributed by atoms with Gasteiger partial charge in [0, 0.05) is 18.2 Å². The Morgan fingerprint density at radius 2 is 1.50 bits per heavy atom. The highest BCUT2D eigenvalue weighted by atomic mass is 16.2. The Labute approximate surface area is 94.2 Å². The lowest BCUT2D eigenvalue weighted by Gasteiger charge is -2.05. The molecule has 0 bridgehead atoms. The maximum atomic E-state index is 11.5. The first kappa shape index (κ1) is 12.2. The Bertz CT molecular complexity index is 373. The predicted molar refractivity (Wildman–Crippen MR) is 61.2 cm³/mol. The molecule has 5 heteroatoms. The van der Waals surface area contributed by atoms with Gasteiger partial charge in [-0.25, -0.2) is 0 Å². The van der Waals surface area contributed by atoms with Gasteiger partial charge in [0.25, 0.3) is 11.8 Å². The molecule has 3 N–H and O–H groups in total. The standard InChI is InChI=1S/C11H15N3O2/c1-12-7-14-11(16)9-5-3-8(4-6-9)10(15)13-2/h3-6,12H,7H2,1-2H3,(H,13,15)(H,14,16). The van der Waals surface area contributed by atoms with Gasteiger partial charge in [0.1, 0.15) is 0 Å². The maximum Gasteiger partial charge on any atom is 0.252 e. The molecule has 1 aromatic carbocycles. The number of carbonyl (C=O) groups excluding carboxylic acids is 2. The topological polar surface area (TPSA) is 70.2 Å². The van der Waals surface area contributed by atoms with E-state index in [9.17, 15) is 9.59 Å². The van der Waals surface area contributed by atoms with Gasteiger partial charge in [0.2, 0.25) is 0 Å². The molecule has 0 unspecified atom stereocenters. The monoisotopic (exact) mass is 221 g/mol. The van der Waals surface area contributed by atoms with E-state index in [0.717, 1.165) is 0 Å². The summed E-state index contributed by atoms with van der Waals surface area (Å²) in [6, 6.07) is 6.48. The molecule has 2 amide bonds. The molecule has 0 heterocycles. The molecule has 0 radical (unpaired) electrons. The van der Waals surface area contributed by atoms with Gasteiger partial charge in [-0.3, -0.25) is 9.59 Å². The predicted octanol–water partition coefficient (Wildman–Crippen LogP) is -0.0471. The van der Waals surface area contributed by atoms with Crippen LogP contribution in [0.1, 0.15) is 20.7 Å². The number of hydrogen-bond acceptors (Lipinski definition) is 3. The highest BCUT2D eigenvalue weighted by Gasteiger charge is 2.06. The number of amides is 2. The zero-order chi connectivity index (χ0) is 12.0. The molecule has 0 fully saturated rings. The minimum atomic E-state index is -0.169. The summed E-state index contributed by atoms with van der Waals surface area (Å²) in [5, 5.41) is 7.99. The van der Waals surface area contributed by atoms with Crippen molar-refractivity contribution in [3.8, 4) is 0 Å². The summed E-state index contributed by atoms with van der Waals surface area (Å²) in [7, 11) is 3.31. The molecule has 1 aromatic rings. The van der Waals surface area contributed by atoms with E-state index in [-0.39, 0.29) is 11.8 Å². The Kier molecular flexibility index (Phi) is 4.47. The summed E-state index contributed by atoms with van der Waals surface area (Å²) < 4.78 is 0. The summed E-state index contributed by atoms with van der Waals surface area (Å²) in [6.45, 7) is 0.413. The van der Waals surface area contributed by atoms with Crippen LogP contribution in [0.4, 0.5) is 0 Å². The number of rotatable bonds is 4. The average molecular weight is 221 g/mol. The van der Waals surface area contributed by atoms with E-state index >= 15 is 0 Å². The largest absolute Gasteiger partial charge is 0.355 e. The number of benzene rings is 1. The minimum absolute atomic E-state index is 0.165.